The standard InChI is InChI=1S/C11H12N4/c1-9-2-3-10(7-14-9)15-8-11-6-12-4-5-13-11/h2-7,15H,8H2,1H3. The van der Waals surface area contributed by atoms with Crippen molar-refractivity contribution >= 4 is 5.69 Å². The van der Waals surface area contributed by atoms with Crippen molar-refractivity contribution in [2.45, 2.75) is 13.5 Å². The highest BCUT2D eigenvalue weighted by atomic mass is 14.9. The highest BCUT2D eigenvalue weighted by Gasteiger charge is 1.94. The van der Waals surface area contributed by atoms with Crippen LogP contribution in [0.3, 0.4) is 0 Å². The highest BCUT2D eigenvalue weighted by Crippen LogP contribution is 2.06. The first-order chi connectivity index (χ1) is 7.34. The zero-order valence-corrected chi connectivity index (χ0v) is 8.51. The van der Waals surface area contributed by atoms with Gasteiger partial charge in [0.15, 0.2) is 0 Å². The molecule has 0 atom stereocenters. The van der Waals surface area contributed by atoms with Crippen LogP contribution in [-0.4, -0.2) is 15.0 Å². The van der Waals surface area contributed by atoms with Gasteiger partial charge in [-0.1, -0.05) is 0 Å². The van der Waals surface area contributed by atoms with Crippen molar-refractivity contribution in [1.82, 2.24) is 15.0 Å². The topological polar surface area (TPSA) is 50.7 Å². The fourth-order valence-corrected chi connectivity index (χ4v) is 1.19. The van der Waals surface area contributed by atoms with Crippen molar-refractivity contribution in [2.24, 2.45) is 0 Å². The molecule has 0 amide bonds. The van der Waals surface area contributed by atoms with Crippen molar-refractivity contribution in [1.29, 1.82) is 0 Å². The van der Waals surface area contributed by atoms with Gasteiger partial charge in [0.2, 0.25) is 0 Å². The van der Waals surface area contributed by atoms with Crippen LogP contribution in [0.15, 0.2) is 36.9 Å². The molecule has 0 unspecified atom stereocenters. The van der Waals surface area contributed by atoms with E-state index in [-0.39, 0.29) is 0 Å². The summed E-state index contributed by atoms with van der Waals surface area (Å²) in [4.78, 5) is 12.4. The Bertz CT molecular complexity index is 410. The summed E-state index contributed by atoms with van der Waals surface area (Å²) in [6.45, 7) is 2.63. The van der Waals surface area contributed by atoms with Crippen LogP contribution >= 0.6 is 0 Å². The van der Waals surface area contributed by atoms with Gasteiger partial charge in [0, 0.05) is 18.1 Å². The van der Waals surface area contributed by atoms with Crippen LogP contribution in [0, 0.1) is 6.92 Å². The van der Waals surface area contributed by atoms with Gasteiger partial charge in [-0.2, -0.15) is 0 Å². The normalized spacial score (nSPS) is 9.93. The van der Waals surface area contributed by atoms with Gasteiger partial charge in [-0.05, 0) is 19.1 Å². The maximum Gasteiger partial charge on any atom is 0.0777 e. The van der Waals surface area contributed by atoms with Crippen LogP contribution in [0.2, 0.25) is 0 Å². The summed E-state index contributed by atoms with van der Waals surface area (Å²) in [6, 6.07) is 3.97. The Balaban J connectivity index is 1.96. The number of rotatable bonds is 3. The molecule has 2 aromatic rings. The smallest absolute Gasteiger partial charge is 0.0777 e. The van der Waals surface area contributed by atoms with Crippen molar-refractivity contribution in [3.05, 3.63) is 48.3 Å². The molecule has 2 heterocycles. The van der Waals surface area contributed by atoms with Crippen molar-refractivity contribution < 1.29 is 0 Å². The van der Waals surface area contributed by atoms with Gasteiger partial charge in [-0.3, -0.25) is 15.0 Å². The average Bonchev–Trinajstić information content (AvgIpc) is 2.30. The SMILES string of the molecule is Cc1ccc(NCc2cnccn2)cn1. The number of hydrogen-bond donors (Lipinski definition) is 1. The van der Waals surface area contributed by atoms with Gasteiger partial charge in [-0.15, -0.1) is 0 Å². The zero-order valence-electron chi connectivity index (χ0n) is 8.51. The van der Waals surface area contributed by atoms with Crippen molar-refractivity contribution in [3.8, 4) is 0 Å². The molecule has 2 rings (SSSR count). The van der Waals surface area contributed by atoms with Crippen LogP contribution in [0.5, 0.6) is 0 Å². The van der Waals surface area contributed by atoms with E-state index in [4.69, 9.17) is 0 Å². The Hall–Kier alpha value is -1.97. The molecule has 0 aliphatic heterocycles. The second-order valence-electron chi connectivity index (χ2n) is 3.24. The van der Waals surface area contributed by atoms with Crippen LogP contribution in [0.1, 0.15) is 11.4 Å². The minimum Gasteiger partial charge on any atom is -0.378 e. The lowest BCUT2D eigenvalue weighted by Crippen LogP contribution is -2.02. The van der Waals surface area contributed by atoms with Crippen LogP contribution < -0.4 is 5.32 Å². The molecule has 15 heavy (non-hydrogen) atoms. The molecular formula is C11H12N4. The molecule has 76 valence electrons. The van der Waals surface area contributed by atoms with E-state index in [0.29, 0.717) is 6.54 Å². The fraction of sp³-hybridized carbons (Fsp3) is 0.182. The van der Waals surface area contributed by atoms with E-state index in [0.717, 1.165) is 17.1 Å². The first-order valence-corrected chi connectivity index (χ1v) is 4.76. The summed E-state index contributed by atoms with van der Waals surface area (Å²) in [5.41, 5.74) is 2.92. The summed E-state index contributed by atoms with van der Waals surface area (Å²) < 4.78 is 0. The second-order valence-corrected chi connectivity index (χ2v) is 3.24. The van der Waals surface area contributed by atoms with Crippen molar-refractivity contribution in [2.75, 3.05) is 5.32 Å². The van der Waals surface area contributed by atoms with E-state index in [1.165, 1.54) is 0 Å². The van der Waals surface area contributed by atoms with Crippen LogP contribution in [-0.2, 0) is 6.54 Å². The van der Waals surface area contributed by atoms with Crippen LogP contribution in [0.25, 0.3) is 0 Å². The summed E-state index contributed by atoms with van der Waals surface area (Å²) in [6.07, 6.45) is 6.90. The molecule has 1 N–H and O–H groups in total. The van der Waals surface area contributed by atoms with Crippen LogP contribution in [0.4, 0.5) is 5.69 Å². The maximum absolute atomic E-state index is 4.19. The summed E-state index contributed by atoms with van der Waals surface area (Å²) in [5, 5.41) is 3.22. The van der Waals surface area contributed by atoms with Gasteiger partial charge in [0.1, 0.15) is 0 Å². The number of aromatic nitrogens is 3. The van der Waals surface area contributed by atoms with E-state index in [1.54, 1.807) is 18.6 Å². The van der Waals surface area contributed by atoms with E-state index in [1.807, 2.05) is 25.3 Å². The lowest BCUT2D eigenvalue weighted by atomic mass is 10.3. The lowest BCUT2D eigenvalue weighted by molar-refractivity contribution is 1.00. The van der Waals surface area contributed by atoms with Gasteiger partial charge < -0.3 is 5.32 Å². The second kappa shape index (κ2) is 4.50. The molecule has 0 aliphatic carbocycles. The van der Waals surface area contributed by atoms with Gasteiger partial charge in [0.05, 0.1) is 30.3 Å². The first-order valence-electron chi connectivity index (χ1n) is 4.76. The highest BCUT2D eigenvalue weighted by molar-refractivity contribution is 5.40. The molecule has 0 aliphatic rings. The Kier molecular flexibility index (Phi) is 2.88. The average molecular weight is 200 g/mol. The quantitative estimate of drug-likeness (QED) is 0.820. The lowest BCUT2D eigenvalue weighted by Gasteiger charge is -2.04. The number of nitrogens with one attached hydrogen (secondary N) is 1. The Labute approximate surface area is 88.4 Å². The molecular weight excluding hydrogens is 188 g/mol. The Morgan fingerprint density at radius 2 is 2.07 bits per heavy atom. The number of aryl methyl sites for hydroxylation is 1. The predicted octanol–water partition coefficient (Wildman–Crippen LogP) is 1.79. The largest absolute Gasteiger partial charge is 0.378 e. The number of nitrogens with zero attached hydrogens (tertiary/aromatic N) is 3. The molecule has 0 saturated heterocycles. The molecule has 4 nitrogen and oxygen atoms in total. The van der Waals surface area contributed by atoms with E-state index >= 15 is 0 Å². The first kappa shape index (κ1) is 9.58. The monoisotopic (exact) mass is 200 g/mol. The fourth-order valence-electron chi connectivity index (χ4n) is 1.19. The van der Waals surface area contributed by atoms with Crippen molar-refractivity contribution in [3.63, 3.8) is 0 Å². The number of anilines is 1. The zero-order chi connectivity index (χ0) is 10.5. The molecule has 0 spiro atoms. The third kappa shape index (κ3) is 2.74. The summed E-state index contributed by atoms with van der Waals surface area (Å²) in [5.74, 6) is 0. The minimum absolute atomic E-state index is 0.665. The Morgan fingerprint density at radius 1 is 1.13 bits per heavy atom. The molecule has 2 aromatic heterocycles. The van der Waals surface area contributed by atoms with E-state index in [9.17, 15) is 0 Å². The summed E-state index contributed by atoms with van der Waals surface area (Å²) in [7, 11) is 0. The predicted molar refractivity (Wildman–Crippen MR) is 58.3 cm³/mol. The molecule has 0 aromatic carbocycles. The molecule has 0 fully saturated rings. The maximum atomic E-state index is 4.19. The third-order valence-electron chi connectivity index (χ3n) is 2.00. The number of hydrogen-bond acceptors (Lipinski definition) is 4. The molecule has 0 bridgehead atoms. The van der Waals surface area contributed by atoms with E-state index < -0.39 is 0 Å². The molecule has 4 heteroatoms. The third-order valence-corrected chi connectivity index (χ3v) is 2.00. The van der Waals surface area contributed by atoms with E-state index in [2.05, 4.69) is 20.3 Å². The molecule has 0 radical (unpaired) electrons. The molecule has 0 saturated carbocycles. The number of pyridine rings is 1. The Morgan fingerprint density at radius 3 is 2.73 bits per heavy atom. The summed E-state index contributed by atoms with van der Waals surface area (Å²) >= 11 is 0. The van der Waals surface area contributed by atoms with Gasteiger partial charge >= 0.3 is 0 Å². The van der Waals surface area contributed by atoms with Gasteiger partial charge in [-0.25, -0.2) is 0 Å². The van der Waals surface area contributed by atoms with Gasteiger partial charge in [0.25, 0.3) is 0 Å². The minimum atomic E-state index is 0.665.